The second-order valence-electron chi connectivity index (χ2n) is 6.14. The number of nitrogens with one attached hydrogen (secondary N) is 1. The Bertz CT molecular complexity index is 376. The van der Waals surface area contributed by atoms with Crippen LogP contribution in [0.5, 0.6) is 0 Å². The van der Waals surface area contributed by atoms with Gasteiger partial charge in [-0.25, -0.2) is 8.42 Å². The van der Waals surface area contributed by atoms with Crippen molar-refractivity contribution >= 4 is 9.84 Å². The molecule has 0 aromatic rings. The van der Waals surface area contributed by atoms with Crippen LogP contribution in [0.3, 0.4) is 0 Å². The molecule has 2 rings (SSSR count). The summed E-state index contributed by atoms with van der Waals surface area (Å²) in [6, 6.07) is 0.452. The lowest BCUT2D eigenvalue weighted by molar-refractivity contribution is 0.0421. The number of hydrogen-bond donors (Lipinski definition) is 1. The van der Waals surface area contributed by atoms with Crippen LogP contribution in [0.1, 0.15) is 38.5 Å². The van der Waals surface area contributed by atoms with E-state index in [1.165, 1.54) is 6.26 Å². The van der Waals surface area contributed by atoms with Gasteiger partial charge in [0.1, 0.15) is 9.84 Å². The monoisotopic (exact) mass is 289 g/mol. The van der Waals surface area contributed by atoms with Gasteiger partial charge in [0.15, 0.2) is 0 Å². The summed E-state index contributed by atoms with van der Waals surface area (Å²) < 4.78 is 29.0. The normalized spacial score (nSPS) is 32.1. The van der Waals surface area contributed by atoms with Crippen LogP contribution in [0.15, 0.2) is 0 Å². The molecule has 1 saturated heterocycles. The molecule has 112 valence electrons. The van der Waals surface area contributed by atoms with E-state index in [0.717, 1.165) is 51.7 Å². The van der Waals surface area contributed by atoms with Gasteiger partial charge in [-0.05, 0) is 51.0 Å². The zero-order chi connectivity index (χ0) is 13.9. The first-order chi connectivity index (χ1) is 9.02. The van der Waals surface area contributed by atoms with Gasteiger partial charge >= 0.3 is 0 Å². The van der Waals surface area contributed by atoms with E-state index in [-0.39, 0.29) is 5.25 Å². The second kappa shape index (κ2) is 6.55. The Kier molecular flexibility index (Phi) is 5.26. The Morgan fingerprint density at radius 1 is 1.11 bits per heavy atom. The van der Waals surface area contributed by atoms with Crippen molar-refractivity contribution in [2.24, 2.45) is 11.8 Å². The average molecular weight is 289 g/mol. The topological polar surface area (TPSA) is 55.4 Å². The fourth-order valence-electron chi connectivity index (χ4n) is 3.83. The van der Waals surface area contributed by atoms with Crippen LogP contribution in [0.25, 0.3) is 0 Å². The molecule has 1 N–H and O–H groups in total. The van der Waals surface area contributed by atoms with Crippen LogP contribution in [-0.2, 0) is 14.6 Å². The molecule has 1 aliphatic carbocycles. The van der Waals surface area contributed by atoms with Crippen molar-refractivity contribution in [3.8, 4) is 0 Å². The quantitative estimate of drug-likeness (QED) is 0.854. The van der Waals surface area contributed by atoms with Crippen molar-refractivity contribution in [2.75, 3.05) is 26.5 Å². The van der Waals surface area contributed by atoms with Gasteiger partial charge in [0.25, 0.3) is 0 Å². The first-order valence-corrected chi connectivity index (χ1v) is 9.41. The summed E-state index contributed by atoms with van der Waals surface area (Å²) in [6.07, 6.45) is 7.49. The molecule has 3 atom stereocenters. The van der Waals surface area contributed by atoms with Crippen LogP contribution in [0, 0.1) is 11.8 Å². The van der Waals surface area contributed by atoms with E-state index in [9.17, 15) is 8.42 Å². The highest BCUT2D eigenvalue weighted by Crippen LogP contribution is 2.35. The van der Waals surface area contributed by atoms with E-state index in [4.69, 9.17) is 4.74 Å². The van der Waals surface area contributed by atoms with Crippen LogP contribution >= 0.6 is 0 Å². The van der Waals surface area contributed by atoms with Gasteiger partial charge in [-0.1, -0.05) is 6.42 Å². The van der Waals surface area contributed by atoms with Crippen molar-refractivity contribution in [1.29, 1.82) is 0 Å². The molecule has 1 saturated carbocycles. The largest absolute Gasteiger partial charge is 0.381 e. The Hall–Kier alpha value is -0.130. The van der Waals surface area contributed by atoms with Crippen LogP contribution in [-0.4, -0.2) is 46.2 Å². The molecule has 4 nitrogen and oxygen atoms in total. The molecule has 0 amide bonds. The van der Waals surface area contributed by atoms with Gasteiger partial charge in [0, 0.05) is 25.5 Å². The van der Waals surface area contributed by atoms with E-state index in [2.05, 4.69) is 5.32 Å². The van der Waals surface area contributed by atoms with E-state index in [1.807, 2.05) is 7.05 Å². The molecular weight excluding hydrogens is 262 g/mol. The Morgan fingerprint density at radius 2 is 1.79 bits per heavy atom. The predicted octanol–water partition coefficient (Wildman–Crippen LogP) is 1.60. The number of hydrogen-bond acceptors (Lipinski definition) is 4. The molecule has 0 bridgehead atoms. The van der Waals surface area contributed by atoms with Crippen LogP contribution < -0.4 is 5.32 Å². The molecule has 3 unspecified atom stereocenters. The summed E-state index contributed by atoms with van der Waals surface area (Å²) >= 11 is 0. The minimum atomic E-state index is -2.88. The average Bonchev–Trinajstić information content (AvgIpc) is 2.40. The van der Waals surface area contributed by atoms with Gasteiger partial charge < -0.3 is 10.1 Å². The fraction of sp³-hybridized carbons (Fsp3) is 1.00. The lowest BCUT2D eigenvalue weighted by Gasteiger charge is -2.39. The van der Waals surface area contributed by atoms with Crippen molar-refractivity contribution < 1.29 is 13.2 Å². The second-order valence-corrected chi connectivity index (χ2v) is 8.47. The van der Waals surface area contributed by atoms with Gasteiger partial charge in [-0.3, -0.25) is 0 Å². The lowest BCUT2D eigenvalue weighted by Crippen LogP contribution is -2.45. The zero-order valence-electron chi connectivity index (χ0n) is 12.1. The summed E-state index contributed by atoms with van der Waals surface area (Å²) in [7, 11) is -0.866. The van der Waals surface area contributed by atoms with Gasteiger partial charge in [0.2, 0.25) is 0 Å². The summed E-state index contributed by atoms with van der Waals surface area (Å²) in [6.45, 7) is 1.70. The van der Waals surface area contributed by atoms with E-state index >= 15 is 0 Å². The SMILES string of the molecule is CNC(C1CCOCC1)C1CCCC(S(C)(=O)=O)C1. The van der Waals surface area contributed by atoms with E-state index < -0.39 is 9.84 Å². The molecule has 2 aliphatic rings. The van der Waals surface area contributed by atoms with E-state index in [1.54, 1.807) is 0 Å². The summed E-state index contributed by atoms with van der Waals surface area (Å²) in [5, 5.41) is 3.34. The standard InChI is InChI=1S/C14H27NO3S/c1-15-14(11-6-8-18-9-7-11)12-4-3-5-13(10-12)19(2,16)17/h11-15H,3-10H2,1-2H3. The number of rotatable bonds is 4. The Morgan fingerprint density at radius 3 is 2.37 bits per heavy atom. The Labute approximate surface area is 117 Å². The molecule has 19 heavy (non-hydrogen) atoms. The molecule has 0 aromatic carbocycles. The van der Waals surface area contributed by atoms with Crippen LogP contribution in [0.2, 0.25) is 0 Å². The van der Waals surface area contributed by atoms with Gasteiger partial charge in [0.05, 0.1) is 5.25 Å². The van der Waals surface area contributed by atoms with Crippen molar-refractivity contribution in [3.05, 3.63) is 0 Å². The van der Waals surface area contributed by atoms with Crippen molar-refractivity contribution in [3.63, 3.8) is 0 Å². The smallest absolute Gasteiger partial charge is 0.150 e. The molecule has 2 fully saturated rings. The summed E-state index contributed by atoms with van der Waals surface area (Å²) in [5.41, 5.74) is 0. The Balaban J connectivity index is 2.01. The van der Waals surface area contributed by atoms with Gasteiger partial charge in [-0.15, -0.1) is 0 Å². The van der Waals surface area contributed by atoms with E-state index in [0.29, 0.717) is 17.9 Å². The van der Waals surface area contributed by atoms with Crippen LogP contribution in [0.4, 0.5) is 0 Å². The molecule has 0 radical (unpaired) electrons. The third kappa shape index (κ3) is 3.92. The maximum Gasteiger partial charge on any atom is 0.150 e. The van der Waals surface area contributed by atoms with Crippen molar-refractivity contribution in [2.45, 2.75) is 49.8 Å². The van der Waals surface area contributed by atoms with Gasteiger partial charge in [-0.2, -0.15) is 0 Å². The molecule has 1 aliphatic heterocycles. The maximum absolute atomic E-state index is 11.8. The first kappa shape index (κ1) is 15.3. The summed E-state index contributed by atoms with van der Waals surface area (Å²) in [5.74, 6) is 1.14. The predicted molar refractivity (Wildman–Crippen MR) is 77.0 cm³/mol. The molecule has 1 heterocycles. The molecule has 0 aromatic heterocycles. The fourth-order valence-corrected chi connectivity index (χ4v) is 5.02. The maximum atomic E-state index is 11.8. The molecule has 0 spiro atoms. The minimum Gasteiger partial charge on any atom is -0.381 e. The third-order valence-corrected chi connectivity index (χ3v) is 6.53. The van der Waals surface area contributed by atoms with Crippen molar-refractivity contribution in [1.82, 2.24) is 5.32 Å². The third-order valence-electron chi connectivity index (χ3n) is 4.89. The highest BCUT2D eigenvalue weighted by molar-refractivity contribution is 7.91. The number of ether oxygens (including phenoxy) is 1. The lowest BCUT2D eigenvalue weighted by atomic mass is 9.76. The highest BCUT2D eigenvalue weighted by atomic mass is 32.2. The number of sulfone groups is 1. The minimum absolute atomic E-state index is 0.123. The molecule has 5 heteroatoms. The first-order valence-electron chi connectivity index (χ1n) is 7.46. The highest BCUT2D eigenvalue weighted by Gasteiger charge is 2.36. The zero-order valence-corrected chi connectivity index (χ0v) is 12.9. The summed E-state index contributed by atoms with van der Waals surface area (Å²) in [4.78, 5) is 0. The molecular formula is C14H27NO3S.